The Balaban J connectivity index is 3.42. The predicted octanol–water partition coefficient (Wildman–Crippen LogP) is 3.88. The molecule has 12 nitrogen and oxygen atoms in total. The fraction of sp³-hybridized carbons (Fsp3) is 0.808. The van der Waals surface area contributed by atoms with E-state index in [9.17, 15) is 24.3 Å². The van der Waals surface area contributed by atoms with Crippen molar-refractivity contribution >= 4 is 30.4 Å². The van der Waals surface area contributed by atoms with Crippen LogP contribution >= 0.6 is 0 Å². The number of carbonyl (C=O) groups is 4. The Kier molecular flexibility index (Phi) is 11.6. The van der Waals surface area contributed by atoms with Gasteiger partial charge in [0.2, 0.25) is 5.91 Å². The number of methoxy groups -OCH3 is 1. The number of carboxylic acid groups (broad SMARTS) is 1. The molecule has 5 unspecified atom stereocenters. The number of hydrazine groups is 1. The molecule has 0 spiro atoms. The summed E-state index contributed by atoms with van der Waals surface area (Å²) >= 11 is 0. The lowest BCUT2D eigenvalue weighted by Gasteiger charge is -2.41. The van der Waals surface area contributed by atoms with Gasteiger partial charge in [0.1, 0.15) is 17.5 Å². The number of hydrogen-bond acceptors (Lipinski definition) is 8. The molecular weight excluding hydrogens is 496 g/mol. The first-order valence-corrected chi connectivity index (χ1v) is 12.9. The molecule has 0 aliphatic heterocycles. The molecule has 1 rings (SSSR count). The molecule has 5 atom stereocenters. The lowest BCUT2D eigenvalue weighted by atomic mass is 9.79. The van der Waals surface area contributed by atoms with E-state index in [-0.39, 0.29) is 18.7 Å². The van der Waals surface area contributed by atoms with Gasteiger partial charge in [-0.25, -0.2) is 15.0 Å². The fourth-order valence-electron chi connectivity index (χ4n) is 4.58. The third-order valence-corrected chi connectivity index (χ3v) is 6.16. The summed E-state index contributed by atoms with van der Waals surface area (Å²) in [6, 6.07) is -1.16. The highest BCUT2D eigenvalue weighted by Gasteiger charge is 2.48. The Morgan fingerprint density at radius 1 is 1.05 bits per heavy atom. The van der Waals surface area contributed by atoms with Crippen molar-refractivity contribution in [1.29, 1.82) is 0 Å². The van der Waals surface area contributed by atoms with E-state index in [0.717, 1.165) is 17.8 Å². The number of nitrogens with zero attached hydrogens (tertiary/aromatic N) is 2. The van der Waals surface area contributed by atoms with Crippen molar-refractivity contribution in [3.8, 4) is 0 Å². The highest BCUT2D eigenvalue weighted by molar-refractivity contribution is 5.85. The first-order valence-electron chi connectivity index (χ1n) is 12.9. The Morgan fingerprint density at radius 2 is 1.63 bits per heavy atom. The van der Waals surface area contributed by atoms with E-state index in [1.165, 1.54) is 6.92 Å². The Labute approximate surface area is 225 Å². The summed E-state index contributed by atoms with van der Waals surface area (Å²) < 4.78 is 16.5. The minimum atomic E-state index is -0.972. The van der Waals surface area contributed by atoms with E-state index >= 15 is 0 Å². The highest BCUT2D eigenvalue weighted by atomic mass is 16.6. The molecule has 0 saturated heterocycles. The van der Waals surface area contributed by atoms with Gasteiger partial charge in [-0.05, 0) is 67.7 Å². The first-order chi connectivity index (χ1) is 17.3. The molecule has 12 heteroatoms. The molecule has 0 bridgehead atoms. The van der Waals surface area contributed by atoms with Gasteiger partial charge in [-0.15, -0.1) is 0 Å². The summed E-state index contributed by atoms with van der Waals surface area (Å²) in [4.78, 5) is 53.9. The van der Waals surface area contributed by atoms with Crippen LogP contribution in [0.5, 0.6) is 0 Å². The second-order valence-corrected chi connectivity index (χ2v) is 11.9. The molecule has 38 heavy (non-hydrogen) atoms. The largest absolute Gasteiger partial charge is 0.481 e. The van der Waals surface area contributed by atoms with Crippen molar-refractivity contribution in [1.82, 2.24) is 15.8 Å². The zero-order chi connectivity index (χ0) is 29.5. The zero-order valence-electron chi connectivity index (χ0n) is 24.4. The number of ether oxygens (including phenoxy) is 3. The number of rotatable bonds is 9. The minimum Gasteiger partial charge on any atom is -0.481 e. The van der Waals surface area contributed by atoms with Gasteiger partial charge in [-0.1, -0.05) is 13.3 Å². The molecule has 1 fully saturated rings. The van der Waals surface area contributed by atoms with Crippen LogP contribution in [0.3, 0.4) is 0 Å². The normalized spacial score (nSPS) is 22.3. The average molecular weight is 543 g/mol. The smallest absolute Gasteiger partial charge is 0.435 e. The van der Waals surface area contributed by atoms with Crippen molar-refractivity contribution in [2.45, 2.75) is 117 Å². The number of carboxylic acids is 1. The molecule has 0 radical (unpaired) electrons. The molecule has 1 aliphatic rings. The zero-order valence-corrected chi connectivity index (χ0v) is 24.4. The van der Waals surface area contributed by atoms with Crippen LogP contribution in [0, 0.1) is 11.8 Å². The van der Waals surface area contributed by atoms with Gasteiger partial charge in [0.25, 0.3) is 0 Å². The predicted molar refractivity (Wildman–Crippen MR) is 141 cm³/mol. The summed E-state index contributed by atoms with van der Waals surface area (Å²) in [6.45, 7) is 15.3. The van der Waals surface area contributed by atoms with Gasteiger partial charge in [0, 0.05) is 20.0 Å². The molecule has 1 saturated carbocycles. The van der Waals surface area contributed by atoms with Gasteiger partial charge < -0.3 is 24.6 Å². The summed E-state index contributed by atoms with van der Waals surface area (Å²) in [5.41, 5.74) is -0.135. The number of carbonyl (C=O) groups excluding carboxylic acids is 3. The number of amides is 3. The molecule has 0 aromatic heterocycles. The molecule has 0 aromatic rings. The molecule has 3 N–H and O–H groups in total. The van der Waals surface area contributed by atoms with Crippen molar-refractivity contribution in [2.24, 2.45) is 16.8 Å². The Morgan fingerprint density at radius 3 is 2.08 bits per heavy atom. The maximum atomic E-state index is 12.9. The third-order valence-electron chi connectivity index (χ3n) is 6.16. The van der Waals surface area contributed by atoms with Crippen LogP contribution in [-0.4, -0.2) is 76.5 Å². The Hall–Kier alpha value is -2.89. The lowest BCUT2D eigenvalue weighted by molar-refractivity contribution is -0.141. The van der Waals surface area contributed by atoms with Crippen LogP contribution in [0.2, 0.25) is 0 Å². The van der Waals surface area contributed by atoms with E-state index in [1.807, 2.05) is 13.8 Å². The van der Waals surface area contributed by atoms with Gasteiger partial charge in [0.15, 0.2) is 0 Å². The number of nitrogens with one attached hydrogen (secondary N) is 2. The van der Waals surface area contributed by atoms with E-state index in [4.69, 9.17) is 14.2 Å². The SMILES string of the molecule is CCCC(C)(OC)C(NC(C)=O)C1CC(C(=O)O)CC1N=CN(NC(=O)OC(C)(C)C)C(=O)OC(C)(C)C. The van der Waals surface area contributed by atoms with Crippen LogP contribution < -0.4 is 10.7 Å². The van der Waals surface area contributed by atoms with Crippen LogP contribution in [0.1, 0.15) is 88.0 Å². The van der Waals surface area contributed by atoms with Crippen molar-refractivity contribution in [2.75, 3.05) is 7.11 Å². The van der Waals surface area contributed by atoms with Crippen molar-refractivity contribution < 1.29 is 38.5 Å². The molecular formula is C26H46N4O8. The molecule has 0 aromatic carbocycles. The second kappa shape index (κ2) is 13.3. The van der Waals surface area contributed by atoms with Crippen LogP contribution in [0.4, 0.5) is 9.59 Å². The third kappa shape index (κ3) is 10.5. The quantitative estimate of drug-likeness (QED) is 0.225. The molecule has 1 aliphatic carbocycles. The van der Waals surface area contributed by atoms with E-state index < -0.39 is 58.9 Å². The maximum absolute atomic E-state index is 12.9. The number of aliphatic carboxylic acids is 1. The molecule has 3 amide bonds. The highest BCUT2D eigenvalue weighted by Crippen LogP contribution is 2.41. The van der Waals surface area contributed by atoms with Gasteiger partial charge >= 0.3 is 18.2 Å². The van der Waals surface area contributed by atoms with Gasteiger partial charge in [-0.3, -0.25) is 14.6 Å². The standard InChI is InChI=1S/C26H46N4O8/c1-11-12-26(9,36-10)20(28-16(2)31)18-13-17(21(32)33)14-19(18)27-15-30(23(35)38-25(6,7)8)29-22(34)37-24(3,4)5/h15,17-20H,11-14H2,1-10H3,(H,28,31)(H,29,34)(H,32,33). The summed E-state index contributed by atoms with van der Waals surface area (Å²) in [5, 5.41) is 13.5. The van der Waals surface area contributed by atoms with E-state index in [1.54, 1.807) is 48.7 Å². The topological polar surface area (TPSA) is 156 Å². The summed E-state index contributed by atoms with van der Waals surface area (Å²) in [6.07, 6.45) is 1.12. The monoisotopic (exact) mass is 542 g/mol. The number of hydrogen-bond donors (Lipinski definition) is 3. The van der Waals surface area contributed by atoms with Crippen LogP contribution in [0.15, 0.2) is 4.99 Å². The van der Waals surface area contributed by atoms with Gasteiger partial charge in [-0.2, -0.15) is 5.01 Å². The van der Waals surface area contributed by atoms with Crippen LogP contribution in [-0.2, 0) is 23.8 Å². The summed E-state index contributed by atoms with van der Waals surface area (Å²) in [7, 11) is 1.56. The number of aliphatic imine (C=N–C) groups is 1. The van der Waals surface area contributed by atoms with E-state index in [0.29, 0.717) is 6.42 Å². The van der Waals surface area contributed by atoms with Crippen LogP contribution in [0.25, 0.3) is 0 Å². The lowest BCUT2D eigenvalue weighted by Crippen LogP contribution is -2.57. The molecule has 0 heterocycles. The van der Waals surface area contributed by atoms with Crippen molar-refractivity contribution in [3.63, 3.8) is 0 Å². The van der Waals surface area contributed by atoms with E-state index in [2.05, 4.69) is 15.7 Å². The summed E-state index contributed by atoms with van der Waals surface area (Å²) in [5.74, 6) is -2.39. The minimum absolute atomic E-state index is 0.174. The Bertz CT molecular complexity index is 879. The van der Waals surface area contributed by atoms with Gasteiger partial charge in [0.05, 0.1) is 23.6 Å². The first kappa shape index (κ1) is 33.1. The molecule has 218 valence electrons. The average Bonchev–Trinajstić information content (AvgIpc) is 3.16. The fourth-order valence-corrected chi connectivity index (χ4v) is 4.58. The second-order valence-electron chi connectivity index (χ2n) is 11.9. The van der Waals surface area contributed by atoms with Crippen molar-refractivity contribution in [3.05, 3.63) is 0 Å². The maximum Gasteiger partial charge on any atom is 0.435 e.